The van der Waals surface area contributed by atoms with Gasteiger partial charge in [-0.05, 0) is 66.9 Å². The summed E-state index contributed by atoms with van der Waals surface area (Å²) in [6.07, 6.45) is 3.26. The lowest BCUT2D eigenvalue weighted by atomic mass is 9.78. The summed E-state index contributed by atoms with van der Waals surface area (Å²) in [5.74, 6) is -2.62. The Bertz CT molecular complexity index is 1550. The lowest BCUT2D eigenvalue weighted by Gasteiger charge is -2.45. The maximum absolute atomic E-state index is 14.3. The largest absolute Gasteiger partial charge is 0.378 e. The van der Waals surface area contributed by atoms with Crippen molar-refractivity contribution in [1.29, 1.82) is 0 Å². The van der Waals surface area contributed by atoms with Crippen LogP contribution >= 0.6 is 0 Å². The number of amides is 3. The number of hydrogen-bond donors (Lipinski definition) is 1. The van der Waals surface area contributed by atoms with Crippen molar-refractivity contribution in [3.05, 3.63) is 89.7 Å². The normalized spacial score (nSPS) is 17.8. The molecule has 3 aliphatic rings. The quantitative estimate of drug-likeness (QED) is 0.382. The number of carbonyl (C=O) groups is 4. The molecule has 1 aliphatic carbocycles. The predicted octanol–water partition coefficient (Wildman–Crippen LogP) is 4.56. The minimum Gasteiger partial charge on any atom is -0.378 e. The highest BCUT2D eigenvalue weighted by Gasteiger charge is 2.48. The number of para-hydroxylation sites is 1. The SMILES string of the molecule is O=C1C(=O)N(CC(=O)N(Cc2ccc(F)cc2)C2(C(=O)Nc3ccc(N4CCOCC4)cc3)CCCCC2)c2ccccc21. The number of ether oxygens (including phenoxy) is 1. The lowest BCUT2D eigenvalue weighted by Crippen LogP contribution is -2.61. The molecule has 0 radical (unpaired) electrons. The van der Waals surface area contributed by atoms with E-state index in [1.54, 1.807) is 36.4 Å². The highest BCUT2D eigenvalue weighted by molar-refractivity contribution is 6.52. The summed E-state index contributed by atoms with van der Waals surface area (Å²) in [6.45, 7) is 2.57. The number of morpholine rings is 1. The van der Waals surface area contributed by atoms with E-state index in [0.29, 0.717) is 43.0 Å². The molecule has 0 unspecified atom stereocenters. The fraction of sp³-hybridized carbons (Fsp3) is 0.353. The summed E-state index contributed by atoms with van der Waals surface area (Å²) in [4.78, 5) is 59.1. The third-order valence-corrected chi connectivity index (χ3v) is 8.85. The van der Waals surface area contributed by atoms with Crippen LogP contribution in [0.5, 0.6) is 0 Å². The van der Waals surface area contributed by atoms with Crippen LogP contribution in [0.15, 0.2) is 72.8 Å². The van der Waals surface area contributed by atoms with Crippen LogP contribution in [-0.2, 0) is 25.7 Å². The van der Waals surface area contributed by atoms with E-state index in [1.807, 2.05) is 24.3 Å². The molecule has 3 amide bonds. The number of ketones is 1. The Hall–Kier alpha value is -4.57. The van der Waals surface area contributed by atoms with Crippen molar-refractivity contribution in [2.24, 2.45) is 0 Å². The summed E-state index contributed by atoms with van der Waals surface area (Å²) >= 11 is 0. The minimum atomic E-state index is -1.21. The highest BCUT2D eigenvalue weighted by Crippen LogP contribution is 2.37. The van der Waals surface area contributed by atoms with Crippen LogP contribution in [-0.4, -0.2) is 66.8 Å². The van der Waals surface area contributed by atoms with Crippen LogP contribution in [0.25, 0.3) is 0 Å². The molecule has 3 aromatic rings. The van der Waals surface area contributed by atoms with E-state index >= 15 is 0 Å². The number of nitrogens with one attached hydrogen (secondary N) is 1. The second-order valence-corrected chi connectivity index (χ2v) is 11.5. The average Bonchev–Trinajstić information content (AvgIpc) is 3.30. The number of Topliss-reactive ketones (excluding diaryl/α,β-unsaturated/α-hetero) is 1. The zero-order valence-corrected chi connectivity index (χ0v) is 24.5. The Labute approximate surface area is 255 Å². The zero-order valence-electron chi connectivity index (χ0n) is 24.5. The van der Waals surface area contributed by atoms with Gasteiger partial charge < -0.3 is 19.9 Å². The molecule has 1 saturated carbocycles. The molecule has 0 spiro atoms. The molecular formula is C34H35FN4O5. The van der Waals surface area contributed by atoms with Gasteiger partial charge in [0.15, 0.2) is 0 Å². The van der Waals surface area contributed by atoms with E-state index in [9.17, 15) is 23.6 Å². The molecule has 3 aromatic carbocycles. The third kappa shape index (κ3) is 5.81. The summed E-state index contributed by atoms with van der Waals surface area (Å²) in [5.41, 5.74) is 1.72. The number of benzene rings is 3. The summed E-state index contributed by atoms with van der Waals surface area (Å²) < 4.78 is 19.2. The molecule has 6 rings (SSSR count). The van der Waals surface area contributed by atoms with Gasteiger partial charge in [0, 0.05) is 31.0 Å². The number of fused-ring (bicyclic) bond motifs is 1. The van der Waals surface area contributed by atoms with Crippen molar-refractivity contribution in [2.45, 2.75) is 44.2 Å². The first-order chi connectivity index (χ1) is 21.4. The molecule has 9 nitrogen and oxygen atoms in total. The lowest BCUT2D eigenvalue weighted by molar-refractivity contribution is -0.148. The molecular weight excluding hydrogens is 563 g/mol. The van der Waals surface area contributed by atoms with Crippen LogP contribution < -0.4 is 15.1 Å². The Morgan fingerprint density at radius 1 is 0.886 bits per heavy atom. The fourth-order valence-electron chi connectivity index (χ4n) is 6.46. The topological polar surface area (TPSA) is 99.3 Å². The standard InChI is InChI=1S/C34H35FN4O5/c35-25-10-8-24(9-11-25)22-39(30(40)23-38-29-7-3-2-6-28(29)31(41)32(38)42)34(16-4-1-5-17-34)33(43)36-26-12-14-27(15-13-26)37-18-20-44-21-19-37/h2-3,6-15H,1,4-5,16-23H2,(H,36,43). The first-order valence-electron chi connectivity index (χ1n) is 15.1. The van der Waals surface area contributed by atoms with Gasteiger partial charge >= 0.3 is 0 Å². The molecule has 44 heavy (non-hydrogen) atoms. The molecule has 1 saturated heterocycles. The zero-order chi connectivity index (χ0) is 30.7. The number of anilines is 3. The number of carbonyl (C=O) groups excluding carboxylic acids is 4. The van der Waals surface area contributed by atoms with Crippen molar-refractivity contribution < 1.29 is 28.3 Å². The number of hydrogen-bond acceptors (Lipinski definition) is 6. The summed E-state index contributed by atoms with van der Waals surface area (Å²) in [5, 5.41) is 3.07. The Balaban J connectivity index is 1.30. The van der Waals surface area contributed by atoms with E-state index < -0.39 is 35.5 Å². The van der Waals surface area contributed by atoms with Gasteiger partial charge in [-0.2, -0.15) is 0 Å². The first kappa shape index (κ1) is 29.5. The smallest absolute Gasteiger partial charge is 0.299 e. The maximum atomic E-state index is 14.3. The molecule has 228 valence electrons. The number of halogens is 1. The van der Waals surface area contributed by atoms with Crippen LogP contribution in [0.4, 0.5) is 21.5 Å². The average molecular weight is 599 g/mol. The second kappa shape index (κ2) is 12.6. The molecule has 10 heteroatoms. The summed E-state index contributed by atoms with van der Waals surface area (Å²) in [6, 6.07) is 20.0. The van der Waals surface area contributed by atoms with E-state index in [1.165, 1.54) is 21.9 Å². The van der Waals surface area contributed by atoms with Crippen LogP contribution in [0.3, 0.4) is 0 Å². The van der Waals surface area contributed by atoms with Gasteiger partial charge in [-0.3, -0.25) is 24.1 Å². The van der Waals surface area contributed by atoms with Gasteiger partial charge in [-0.15, -0.1) is 0 Å². The van der Waals surface area contributed by atoms with Gasteiger partial charge in [0.2, 0.25) is 11.8 Å². The van der Waals surface area contributed by atoms with E-state index in [0.717, 1.165) is 38.0 Å². The molecule has 0 aromatic heterocycles. The monoisotopic (exact) mass is 598 g/mol. The van der Waals surface area contributed by atoms with E-state index in [-0.39, 0.29) is 18.0 Å². The van der Waals surface area contributed by atoms with Crippen molar-refractivity contribution in [3.8, 4) is 0 Å². The van der Waals surface area contributed by atoms with Crippen molar-refractivity contribution >= 4 is 40.6 Å². The molecule has 1 N–H and O–H groups in total. The van der Waals surface area contributed by atoms with Gasteiger partial charge in [-0.1, -0.05) is 43.5 Å². The van der Waals surface area contributed by atoms with Gasteiger partial charge in [0.25, 0.3) is 11.7 Å². The molecule has 0 bridgehead atoms. The predicted molar refractivity (Wildman–Crippen MR) is 164 cm³/mol. The highest BCUT2D eigenvalue weighted by atomic mass is 19.1. The molecule has 2 fully saturated rings. The summed E-state index contributed by atoms with van der Waals surface area (Å²) in [7, 11) is 0. The second-order valence-electron chi connectivity index (χ2n) is 11.5. The van der Waals surface area contributed by atoms with Crippen LogP contribution in [0.2, 0.25) is 0 Å². The van der Waals surface area contributed by atoms with E-state index in [2.05, 4.69) is 10.2 Å². The van der Waals surface area contributed by atoms with Gasteiger partial charge in [0.05, 0.1) is 24.5 Å². The van der Waals surface area contributed by atoms with Gasteiger partial charge in [-0.25, -0.2) is 4.39 Å². The number of nitrogens with zero attached hydrogens (tertiary/aromatic N) is 3. The maximum Gasteiger partial charge on any atom is 0.299 e. The van der Waals surface area contributed by atoms with Crippen molar-refractivity contribution in [1.82, 2.24) is 4.90 Å². The fourth-order valence-corrected chi connectivity index (χ4v) is 6.46. The van der Waals surface area contributed by atoms with Crippen LogP contribution in [0.1, 0.15) is 48.0 Å². The van der Waals surface area contributed by atoms with E-state index in [4.69, 9.17) is 4.74 Å². The Kier molecular flexibility index (Phi) is 8.43. The first-order valence-corrected chi connectivity index (χ1v) is 15.1. The molecule has 2 heterocycles. The number of rotatable bonds is 8. The minimum absolute atomic E-state index is 0.0418. The third-order valence-electron chi connectivity index (χ3n) is 8.85. The molecule has 2 aliphatic heterocycles. The Morgan fingerprint density at radius 2 is 1.57 bits per heavy atom. The van der Waals surface area contributed by atoms with Crippen LogP contribution in [0, 0.1) is 5.82 Å². The van der Waals surface area contributed by atoms with Gasteiger partial charge in [0.1, 0.15) is 17.9 Å². The Morgan fingerprint density at radius 3 is 2.27 bits per heavy atom. The van der Waals surface area contributed by atoms with Crippen molar-refractivity contribution in [2.75, 3.05) is 48.0 Å². The molecule has 0 atom stereocenters. The van der Waals surface area contributed by atoms with Crippen molar-refractivity contribution in [3.63, 3.8) is 0 Å².